The van der Waals surface area contributed by atoms with Gasteiger partial charge in [0.05, 0.1) is 24.5 Å². The van der Waals surface area contributed by atoms with Crippen molar-refractivity contribution >= 4 is 11.9 Å². The molecule has 1 saturated heterocycles. The molecule has 16 heavy (non-hydrogen) atoms. The first-order chi connectivity index (χ1) is 7.44. The van der Waals surface area contributed by atoms with Crippen molar-refractivity contribution in [2.24, 2.45) is 17.3 Å². The van der Waals surface area contributed by atoms with Crippen LogP contribution < -0.4 is 5.32 Å². The third kappa shape index (κ3) is 1.80. The smallest absolute Gasteiger partial charge is 0.307 e. The maximum absolute atomic E-state index is 11.9. The summed E-state index contributed by atoms with van der Waals surface area (Å²) in [4.78, 5) is 22.8. The van der Waals surface area contributed by atoms with Crippen LogP contribution in [0.25, 0.3) is 0 Å². The van der Waals surface area contributed by atoms with Crippen molar-refractivity contribution in [1.29, 1.82) is 0 Å². The fourth-order valence-corrected chi connectivity index (χ4v) is 2.53. The van der Waals surface area contributed by atoms with Gasteiger partial charge in [-0.1, -0.05) is 13.8 Å². The van der Waals surface area contributed by atoms with Crippen LogP contribution in [-0.2, 0) is 14.3 Å². The summed E-state index contributed by atoms with van der Waals surface area (Å²) in [7, 11) is 0. The molecule has 0 aromatic heterocycles. The highest BCUT2D eigenvalue weighted by molar-refractivity contribution is 5.91. The summed E-state index contributed by atoms with van der Waals surface area (Å²) in [6.07, 6.45) is 0.816. The van der Waals surface area contributed by atoms with E-state index in [4.69, 9.17) is 9.84 Å². The van der Waals surface area contributed by atoms with Crippen LogP contribution in [0.3, 0.4) is 0 Å². The number of rotatable bonds is 3. The highest BCUT2D eigenvalue weighted by atomic mass is 16.5. The second kappa shape index (κ2) is 3.73. The molecule has 0 aromatic carbocycles. The Bertz CT molecular complexity index is 320. The molecule has 1 aliphatic heterocycles. The Morgan fingerprint density at radius 2 is 2.06 bits per heavy atom. The molecule has 1 amide bonds. The van der Waals surface area contributed by atoms with E-state index in [2.05, 4.69) is 5.32 Å². The van der Waals surface area contributed by atoms with Crippen molar-refractivity contribution in [3.8, 4) is 0 Å². The number of ether oxygens (including phenoxy) is 1. The van der Waals surface area contributed by atoms with Crippen LogP contribution >= 0.6 is 0 Å². The molecule has 2 aliphatic rings. The third-order valence-corrected chi connectivity index (χ3v) is 3.65. The van der Waals surface area contributed by atoms with Gasteiger partial charge in [-0.25, -0.2) is 0 Å². The van der Waals surface area contributed by atoms with E-state index in [1.807, 2.05) is 13.8 Å². The zero-order chi connectivity index (χ0) is 11.9. The Morgan fingerprint density at radius 3 is 2.50 bits per heavy atom. The lowest BCUT2D eigenvalue weighted by Crippen LogP contribution is -2.37. The second-order valence-electron chi connectivity index (χ2n) is 5.18. The molecule has 1 unspecified atom stereocenters. The number of carbonyl (C=O) groups excluding carboxylic acids is 1. The van der Waals surface area contributed by atoms with E-state index in [-0.39, 0.29) is 11.9 Å². The van der Waals surface area contributed by atoms with Crippen LogP contribution in [0.15, 0.2) is 0 Å². The molecule has 0 bridgehead atoms. The van der Waals surface area contributed by atoms with Crippen molar-refractivity contribution in [2.45, 2.75) is 26.3 Å². The van der Waals surface area contributed by atoms with E-state index in [9.17, 15) is 9.59 Å². The lowest BCUT2D eigenvalue weighted by molar-refractivity contribution is -0.140. The van der Waals surface area contributed by atoms with Gasteiger partial charge < -0.3 is 15.2 Å². The Kier molecular flexibility index (Phi) is 2.66. The van der Waals surface area contributed by atoms with Gasteiger partial charge in [0, 0.05) is 6.61 Å². The standard InChI is InChI=1S/C11H17NO4/c1-11(2)7(8(11)10(14)15)9(13)12-6-3-4-16-5-6/h6-8H,3-5H2,1-2H3,(H,12,13)(H,14,15)/t6?,7-,8+/m1/s1. The molecular weight excluding hydrogens is 210 g/mol. The highest BCUT2D eigenvalue weighted by Gasteiger charge is 2.66. The van der Waals surface area contributed by atoms with Crippen LogP contribution in [0.5, 0.6) is 0 Å². The Labute approximate surface area is 94.2 Å². The van der Waals surface area contributed by atoms with E-state index >= 15 is 0 Å². The van der Waals surface area contributed by atoms with Crippen LogP contribution in [-0.4, -0.2) is 36.2 Å². The van der Waals surface area contributed by atoms with Gasteiger partial charge in [0.2, 0.25) is 5.91 Å². The maximum atomic E-state index is 11.9. The van der Waals surface area contributed by atoms with Crippen molar-refractivity contribution < 1.29 is 19.4 Å². The average molecular weight is 227 g/mol. The van der Waals surface area contributed by atoms with Crippen LogP contribution in [0.4, 0.5) is 0 Å². The SMILES string of the molecule is CC1(C)[C@H](C(=O)O)[C@@H]1C(=O)NC1CCOC1. The largest absolute Gasteiger partial charge is 0.481 e. The molecule has 1 heterocycles. The normalized spacial score (nSPS) is 35.8. The molecular formula is C11H17NO4. The minimum Gasteiger partial charge on any atom is -0.481 e. The monoisotopic (exact) mass is 227 g/mol. The molecule has 0 spiro atoms. The van der Waals surface area contributed by atoms with Gasteiger partial charge >= 0.3 is 5.97 Å². The van der Waals surface area contributed by atoms with Crippen LogP contribution in [0.1, 0.15) is 20.3 Å². The number of aliphatic carboxylic acids is 1. The Balaban J connectivity index is 1.93. The minimum atomic E-state index is -0.882. The first kappa shape index (κ1) is 11.4. The van der Waals surface area contributed by atoms with Gasteiger partial charge in [-0.15, -0.1) is 0 Å². The van der Waals surface area contributed by atoms with Gasteiger partial charge in [-0.2, -0.15) is 0 Å². The number of amides is 1. The second-order valence-corrected chi connectivity index (χ2v) is 5.18. The fraction of sp³-hybridized carbons (Fsp3) is 0.818. The minimum absolute atomic E-state index is 0.0540. The number of hydrogen-bond donors (Lipinski definition) is 2. The highest BCUT2D eigenvalue weighted by Crippen LogP contribution is 2.58. The number of carboxylic acid groups (broad SMARTS) is 1. The summed E-state index contributed by atoms with van der Waals surface area (Å²) in [5.41, 5.74) is -0.421. The fourth-order valence-electron chi connectivity index (χ4n) is 2.53. The number of hydrogen-bond acceptors (Lipinski definition) is 3. The number of carbonyl (C=O) groups is 2. The summed E-state index contributed by atoms with van der Waals surface area (Å²) in [5.74, 6) is -1.97. The molecule has 2 rings (SSSR count). The van der Waals surface area contributed by atoms with E-state index in [0.717, 1.165) is 6.42 Å². The number of carboxylic acids is 1. The molecule has 1 saturated carbocycles. The molecule has 5 heteroatoms. The van der Waals surface area contributed by atoms with E-state index in [1.165, 1.54) is 0 Å². The zero-order valence-corrected chi connectivity index (χ0v) is 9.53. The first-order valence-electron chi connectivity index (χ1n) is 5.55. The summed E-state index contributed by atoms with van der Waals surface area (Å²) in [6, 6.07) is 0.0540. The summed E-state index contributed by atoms with van der Waals surface area (Å²) < 4.78 is 5.15. The maximum Gasteiger partial charge on any atom is 0.307 e. The van der Waals surface area contributed by atoms with Crippen LogP contribution in [0.2, 0.25) is 0 Å². The van der Waals surface area contributed by atoms with Crippen molar-refractivity contribution in [1.82, 2.24) is 5.32 Å². The summed E-state index contributed by atoms with van der Waals surface area (Å²) in [6.45, 7) is 4.85. The van der Waals surface area contributed by atoms with E-state index < -0.39 is 23.2 Å². The van der Waals surface area contributed by atoms with E-state index in [0.29, 0.717) is 13.2 Å². The Hall–Kier alpha value is -1.10. The van der Waals surface area contributed by atoms with Crippen LogP contribution in [0, 0.1) is 17.3 Å². The molecule has 90 valence electrons. The lowest BCUT2D eigenvalue weighted by atomic mass is 10.1. The summed E-state index contributed by atoms with van der Waals surface area (Å²) in [5, 5.41) is 11.8. The van der Waals surface area contributed by atoms with Crippen molar-refractivity contribution in [2.75, 3.05) is 13.2 Å². The molecule has 1 aliphatic carbocycles. The first-order valence-corrected chi connectivity index (χ1v) is 5.55. The molecule has 0 radical (unpaired) electrons. The van der Waals surface area contributed by atoms with Gasteiger partial charge in [0.25, 0.3) is 0 Å². The lowest BCUT2D eigenvalue weighted by Gasteiger charge is -2.10. The third-order valence-electron chi connectivity index (χ3n) is 3.65. The van der Waals surface area contributed by atoms with Gasteiger partial charge in [-0.3, -0.25) is 9.59 Å². The molecule has 2 N–H and O–H groups in total. The zero-order valence-electron chi connectivity index (χ0n) is 9.53. The molecule has 0 aromatic rings. The van der Waals surface area contributed by atoms with Gasteiger partial charge in [0.15, 0.2) is 0 Å². The van der Waals surface area contributed by atoms with E-state index in [1.54, 1.807) is 0 Å². The molecule has 3 atom stereocenters. The van der Waals surface area contributed by atoms with Crippen molar-refractivity contribution in [3.63, 3.8) is 0 Å². The average Bonchev–Trinajstić information content (AvgIpc) is 2.58. The number of nitrogens with one attached hydrogen (secondary N) is 1. The predicted molar refractivity (Wildman–Crippen MR) is 55.8 cm³/mol. The van der Waals surface area contributed by atoms with Crippen molar-refractivity contribution in [3.05, 3.63) is 0 Å². The van der Waals surface area contributed by atoms with Gasteiger partial charge in [0.1, 0.15) is 0 Å². The Morgan fingerprint density at radius 1 is 1.38 bits per heavy atom. The predicted octanol–water partition coefficient (Wildman–Crippen LogP) is 0.248. The quantitative estimate of drug-likeness (QED) is 0.724. The summed E-state index contributed by atoms with van der Waals surface area (Å²) >= 11 is 0. The molecule has 2 fully saturated rings. The topological polar surface area (TPSA) is 75.6 Å². The molecule has 5 nitrogen and oxygen atoms in total. The van der Waals surface area contributed by atoms with Gasteiger partial charge in [-0.05, 0) is 11.8 Å².